The van der Waals surface area contributed by atoms with Crippen molar-refractivity contribution in [3.63, 3.8) is 0 Å². The van der Waals surface area contributed by atoms with Gasteiger partial charge in [-0.2, -0.15) is 0 Å². The van der Waals surface area contributed by atoms with Crippen LogP contribution in [0.1, 0.15) is 58.3 Å². The molecule has 106 valence electrons. The molecule has 0 heterocycles. The number of unbranched alkanes of at least 4 members (excludes halogenated alkanes) is 6. The number of carbonyl (C=O) groups excluding carboxylic acids is 1. The summed E-state index contributed by atoms with van der Waals surface area (Å²) in [6.07, 6.45) is 10.9. The van der Waals surface area contributed by atoms with Gasteiger partial charge in [-0.15, -0.1) is 0 Å². The Kier molecular flexibility index (Phi) is 10.8. The number of hydrogen-bond acceptors (Lipinski definition) is 3. The fourth-order valence-corrected chi connectivity index (χ4v) is 1.88. The second kappa shape index (κ2) is 11.3. The van der Waals surface area contributed by atoms with Crippen molar-refractivity contribution < 1.29 is 9.53 Å². The number of carbonyl (C=O) groups is 1. The topological polar surface area (TPSA) is 29.5 Å². The second-order valence-corrected chi connectivity index (χ2v) is 4.97. The van der Waals surface area contributed by atoms with E-state index in [0.29, 0.717) is 0 Å². The first-order chi connectivity index (χ1) is 8.61. The highest BCUT2D eigenvalue weighted by atomic mass is 16.6. The predicted molar refractivity (Wildman–Crippen MR) is 76.4 cm³/mol. The van der Waals surface area contributed by atoms with E-state index in [0.717, 1.165) is 12.8 Å². The van der Waals surface area contributed by atoms with E-state index in [2.05, 4.69) is 13.5 Å². The summed E-state index contributed by atoms with van der Waals surface area (Å²) in [5.74, 6) is -0.336. The molecule has 3 nitrogen and oxygen atoms in total. The quantitative estimate of drug-likeness (QED) is 0.244. The van der Waals surface area contributed by atoms with Gasteiger partial charge in [-0.1, -0.05) is 52.0 Å². The minimum Gasteiger partial charge on any atom is -0.443 e. The zero-order valence-electron chi connectivity index (χ0n) is 12.3. The summed E-state index contributed by atoms with van der Waals surface area (Å²) in [5.41, 5.74) is 0. The minimum absolute atomic E-state index is 0.119. The van der Waals surface area contributed by atoms with Crippen LogP contribution in [0.15, 0.2) is 12.7 Å². The molecular weight excluding hydrogens is 226 g/mol. The van der Waals surface area contributed by atoms with E-state index in [4.69, 9.17) is 4.74 Å². The highest BCUT2D eigenvalue weighted by molar-refractivity contribution is 5.81. The van der Waals surface area contributed by atoms with Crippen LogP contribution in [0.5, 0.6) is 0 Å². The number of ether oxygens (including phenoxy) is 1. The lowest BCUT2D eigenvalue weighted by Crippen LogP contribution is -2.32. The summed E-state index contributed by atoms with van der Waals surface area (Å²) in [4.78, 5) is 13.1. The summed E-state index contributed by atoms with van der Waals surface area (Å²) in [6.45, 7) is 5.65. The van der Waals surface area contributed by atoms with Gasteiger partial charge in [-0.25, -0.2) is 4.79 Å². The average molecular weight is 255 g/mol. The summed E-state index contributed by atoms with van der Waals surface area (Å²) >= 11 is 0. The molecule has 0 aliphatic heterocycles. The van der Waals surface area contributed by atoms with Crippen molar-refractivity contribution in [2.75, 3.05) is 14.1 Å². The third kappa shape index (κ3) is 9.23. The Morgan fingerprint density at radius 1 is 1.17 bits per heavy atom. The van der Waals surface area contributed by atoms with E-state index in [1.807, 2.05) is 19.0 Å². The van der Waals surface area contributed by atoms with Crippen molar-refractivity contribution in [1.82, 2.24) is 4.90 Å². The fraction of sp³-hybridized carbons (Fsp3) is 0.800. The van der Waals surface area contributed by atoms with Crippen LogP contribution in [0.3, 0.4) is 0 Å². The number of esters is 1. The van der Waals surface area contributed by atoms with Crippen molar-refractivity contribution in [2.45, 2.75) is 64.5 Å². The van der Waals surface area contributed by atoms with Crippen LogP contribution in [0.4, 0.5) is 0 Å². The molecule has 0 saturated carbocycles. The highest BCUT2D eigenvalue weighted by Crippen LogP contribution is 2.12. The molecule has 0 aromatic carbocycles. The first-order valence-electron chi connectivity index (χ1n) is 7.11. The lowest BCUT2D eigenvalue weighted by atomic mass is 10.1. The van der Waals surface area contributed by atoms with Gasteiger partial charge in [0.05, 0.1) is 0 Å². The van der Waals surface area contributed by atoms with E-state index in [1.165, 1.54) is 44.6 Å². The van der Waals surface area contributed by atoms with Crippen LogP contribution in [0, 0.1) is 0 Å². The molecule has 0 spiro atoms. The lowest BCUT2D eigenvalue weighted by molar-refractivity contribution is -0.151. The SMILES string of the molecule is C=CC(=O)OC(CCCCCCCCC)N(C)C. The smallest absolute Gasteiger partial charge is 0.331 e. The molecule has 0 amide bonds. The van der Waals surface area contributed by atoms with Gasteiger partial charge < -0.3 is 4.74 Å². The molecule has 0 rings (SSSR count). The Labute approximate surface area is 112 Å². The van der Waals surface area contributed by atoms with Crippen molar-refractivity contribution in [1.29, 1.82) is 0 Å². The van der Waals surface area contributed by atoms with Gasteiger partial charge in [0.1, 0.15) is 0 Å². The van der Waals surface area contributed by atoms with E-state index in [1.54, 1.807) is 0 Å². The monoisotopic (exact) mass is 255 g/mol. The van der Waals surface area contributed by atoms with E-state index in [-0.39, 0.29) is 12.2 Å². The standard InChI is InChI=1S/C15H29NO2/c1-5-7-8-9-10-11-12-13-14(16(3)4)18-15(17)6-2/h6,14H,2,5,7-13H2,1,3-4H3. The van der Waals surface area contributed by atoms with Crippen LogP contribution < -0.4 is 0 Å². The van der Waals surface area contributed by atoms with Gasteiger partial charge >= 0.3 is 5.97 Å². The first kappa shape index (κ1) is 17.2. The van der Waals surface area contributed by atoms with E-state index < -0.39 is 0 Å². The minimum atomic E-state index is -0.336. The van der Waals surface area contributed by atoms with Gasteiger partial charge in [0.2, 0.25) is 0 Å². The largest absolute Gasteiger partial charge is 0.443 e. The summed E-state index contributed by atoms with van der Waals surface area (Å²) in [6, 6.07) is 0. The van der Waals surface area contributed by atoms with Crippen LogP contribution in [0.2, 0.25) is 0 Å². The molecule has 0 N–H and O–H groups in total. The lowest BCUT2D eigenvalue weighted by Gasteiger charge is -2.23. The molecule has 0 saturated heterocycles. The Hall–Kier alpha value is -0.830. The Morgan fingerprint density at radius 3 is 2.22 bits per heavy atom. The van der Waals surface area contributed by atoms with Crippen LogP contribution in [-0.4, -0.2) is 31.2 Å². The summed E-state index contributed by atoms with van der Waals surface area (Å²) in [5, 5.41) is 0. The second-order valence-electron chi connectivity index (χ2n) is 4.97. The van der Waals surface area contributed by atoms with Crippen molar-refractivity contribution >= 4 is 5.97 Å². The van der Waals surface area contributed by atoms with Crippen LogP contribution in [0.25, 0.3) is 0 Å². The molecule has 0 aliphatic carbocycles. The number of rotatable bonds is 11. The molecule has 3 heteroatoms. The molecule has 0 aromatic heterocycles. The summed E-state index contributed by atoms with van der Waals surface area (Å²) in [7, 11) is 3.87. The van der Waals surface area contributed by atoms with Crippen molar-refractivity contribution in [3.05, 3.63) is 12.7 Å². The maximum Gasteiger partial charge on any atom is 0.331 e. The Bertz CT molecular complexity index is 227. The molecule has 1 unspecified atom stereocenters. The van der Waals surface area contributed by atoms with Gasteiger partial charge in [-0.05, 0) is 26.9 Å². The Balaban J connectivity index is 3.64. The van der Waals surface area contributed by atoms with Gasteiger partial charge in [-0.3, -0.25) is 4.90 Å². The van der Waals surface area contributed by atoms with Crippen LogP contribution in [-0.2, 0) is 9.53 Å². The zero-order valence-corrected chi connectivity index (χ0v) is 12.3. The molecule has 0 aromatic rings. The maximum atomic E-state index is 11.2. The van der Waals surface area contributed by atoms with E-state index in [9.17, 15) is 4.79 Å². The fourth-order valence-electron chi connectivity index (χ4n) is 1.88. The zero-order chi connectivity index (χ0) is 13.8. The highest BCUT2D eigenvalue weighted by Gasteiger charge is 2.14. The number of hydrogen-bond donors (Lipinski definition) is 0. The molecule has 0 bridgehead atoms. The third-order valence-corrected chi connectivity index (χ3v) is 3.05. The van der Waals surface area contributed by atoms with Gasteiger partial charge in [0.25, 0.3) is 0 Å². The normalized spacial score (nSPS) is 12.4. The maximum absolute atomic E-state index is 11.2. The molecule has 0 aliphatic rings. The van der Waals surface area contributed by atoms with E-state index >= 15 is 0 Å². The van der Waals surface area contributed by atoms with Gasteiger partial charge in [0.15, 0.2) is 6.23 Å². The van der Waals surface area contributed by atoms with Crippen LogP contribution >= 0.6 is 0 Å². The van der Waals surface area contributed by atoms with Crippen molar-refractivity contribution in [3.8, 4) is 0 Å². The summed E-state index contributed by atoms with van der Waals surface area (Å²) < 4.78 is 5.28. The number of nitrogens with zero attached hydrogens (tertiary/aromatic N) is 1. The predicted octanol–water partition coefficient (Wildman–Crippen LogP) is 3.74. The third-order valence-electron chi connectivity index (χ3n) is 3.05. The molecule has 0 radical (unpaired) electrons. The molecule has 0 fully saturated rings. The molecule has 1 atom stereocenters. The molecule has 18 heavy (non-hydrogen) atoms. The molecular formula is C15H29NO2. The average Bonchev–Trinajstić information content (AvgIpc) is 2.35. The van der Waals surface area contributed by atoms with Gasteiger partial charge in [0, 0.05) is 6.08 Å². The first-order valence-corrected chi connectivity index (χ1v) is 7.11. The van der Waals surface area contributed by atoms with Crippen molar-refractivity contribution in [2.24, 2.45) is 0 Å². The Morgan fingerprint density at radius 2 is 1.72 bits per heavy atom.